The Morgan fingerprint density at radius 2 is 1.81 bits per heavy atom. The second-order valence-corrected chi connectivity index (χ2v) is 6.61. The van der Waals surface area contributed by atoms with Crippen LogP contribution in [0.25, 0.3) is 0 Å². The Hall–Kier alpha value is -0.290. The smallest absolute Gasteiger partial charge is 0.238 e. The van der Waals surface area contributed by atoms with Gasteiger partial charge in [-0.05, 0) is 19.8 Å². The van der Waals surface area contributed by atoms with Gasteiger partial charge in [0.25, 0.3) is 0 Å². The van der Waals surface area contributed by atoms with Gasteiger partial charge in [0.1, 0.15) is 5.25 Å². The predicted molar refractivity (Wildman–Crippen MR) is 66.5 cm³/mol. The van der Waals surface area contributed by atoms with Gasteiger partial charge < -0.3 is 5.32 Å². The van der Waals surface area contributed by atoms with Crippen LogP contribution in [0.3, 0.4) is 0 Å². The van der Waals surface area contributed by atoms with E-state index in [0.717, 1.165) is 31.9 Å². The predicted octanol–water partition coefficient (Wildman–Crippen LogP) is 1.33. The molecule has 0 aromatic heterocycles. The molecule has 0 saturated heterocycles. The van der Waals surface area contributed by atoms with Crippen LogP contribution in [0.5, 0.6) is 0 Å². The van der Waals surface area contributed by atoms with Crippen molar-refractivity contribution in [1.29, 1.82) is 0 Å². The summed E-state index contributed by atoms with van der Waals surface area (Å²) < 4.78 is 22.1. The second-order valence-electron chi connectivity index (χ2n) is 3.87. The van der Waals surface area contributed by atoms with Gasteiger partial charge in [-0.2, -0.15) is 0 Å². The molecule has 1 unspecified atom stereocenters. The third kappa shape index (κ3) is 7.06. The molecule has 0 aliphatic heterocycles. The largest absolute Gasteiger partial charge is 0.355 e. The minimum atomic E-state index is -3.28. The SMILES string of the molecule is CC(C(=O)NCCCCCCCl)S(C)(=O)=O. The number of alkyl halides is 1. The lowest BCUT2D eigenvalue weighted by molar-refractivity contribution is -0.120. The zero-order valence-corrected chi connectivity index (χ0v) is 11.4. The fourth-order valence-electron chi connectivity index (χ4n) is 1.12. The molecule has 0 heterocycles. The van der Waals surface area contributed by atoms with Gasteiger partial charge in [-0.25, -0.2) is 8.42 Å². The summed E-state index contributed by atoms with van der Waals surface area (Å²) in [7, 11) is -3.28. The molecule has 0 radical (unpaired) electrons. The van der Waals surface area contributed by atoms with Crippen molar-refractivity contribution in [2.24, 2.45) is 0 Å². The average Bonchev–Trinajstić information content (AvgIpc) is 2.20. The molecule has 1 amide bonds. The molecular weight excluding hydrogens is 250 g/mol. The van der Waals surface area contributed by atoms with Crippen LogP contribution >= 0.6 is 11.6 Å². The number of hydrogen-bond donors (Lipinski definition) is 1. The van der Waals surface area contributed by atoms with Crippen molar-refractivity contribution in [3.05, 3.63) is 0 Å². The molecule has 0 fully saturated rings. The van der Waals surface area contributed by atoms with Gasteiger partial charge in [0.15, 0.2) is 9.84 Å². The van der Waals surface area contributed by atoms with Gasteiger partial charge in [-0.1, -0.05) is 12.8 Å². The number of sulfone groups is 1. The van der Waals surface area contributed by atoms with E-state index in [-0.39, 0.29) is 0 Å². The van der Waals surface area contributed by atoms with E-state index in [1.54, 1.807) is 0 Å². The first-order chi connectivity index (χ1) is 7.39. The first-order valence-corrected chi connectivity index (χ1v) is 7.91. The molecule has 16 heavy (non-hydrogen) atoms. The fourth-order valence-corrected chi connectivity index (χ4v) is 1.78. The van der Waals surface area contributed by atoms with Gasteiger partial charge >= 0.3 is 0 Å². The summed E-state index contributed by atoms with van der Waals surface area (Å²) in [6, 6.07) is 0. The van der Waals surface area contributed by atoms with Crippen molar-refractivity contribution in [1.82, 2.24) is 5.32 Å². The highest BCUT2D eigenvalue weighted by Gasteiger charge is 2.22. The Morgan fingerprint density at radius 3 is 2.31 bits per heavy atom. The van der Waals surface area contributed by atoms with Crippen LogP contribution < -0.4 is 5.32 Å². The topological polar surface area (TPSA) is 63.2 Å². The molecule has 0 aromatic carbocycles. The first kappa shape index (κ1) is 15.7. The van der Waals surface area contributed by atoms with Crippen molar-refractivity contribution in [2.45, 2.75) is 37.9 Å². The molecule has 96 valence electrons. The molecular formula is C10H20ClNO3S. The van der Waals surface area contributed by atoms with Crippen molar-refractivity contribution in [3.8, 4) is 0 Å². The number of hydrogen-bond acceptors (Lipinski definition) is 3. The summed E-state index contributed by atoms with van der Waals surface area (Å²) in [6.07, 6.45) is 4.95. The monoisotopic (exact) mass is 269 g/mol. The lowest BCUT2D eigenvalue weighted by atomic mass is 10.2. The summed E-state index contributed by atoms with van der Waals surface area (Å²) in [5, 5.41) is 1.65. The van der Waals surface area contributed by atoms with E-state index in [2.05, 4.69) is 5.32 Å². The van der Waals surface area contributed by atoms with E-state index in [9.17, 15) is 13.2 Å². The molecule has 0 rings (SSSR count). The number of amides is 1. The van der Waals surface area contributed by atoms with Crippen molar-refractivity contribution in [2.75, 3.05) is 18.7 Å². The maximum absolute atomic E-state index is 11.4. The van der Waals surface area contributed by atoms with Gasteiger partial charge in [0, 0.05) is 18.7 Å². The highest BCUT2D eigenvalue weighted by Crippen LogP contribution is 2.01. The van der Waals surface area contributed by atoms with E-state index >= 15 is 0 Å². The molecule has 0 saturated carbocycles. The maximum atomic E-state index is 11.4. The number of unbranched alkanes of at least 4 members (excludes halogenated alkanes) is 3. The first-order valence-electron chi connectivity index (χ1n) is 5.42. The van der Waals surface area contributed by atoms with Crippen LogP contribution in [0.4, 0.5) is 0 Å². The zero-order valence-electron chi connectivity index (χ0n) is 9.83. The maximum Gasteiger partial charge on any atom is 0.238 e. The quantitative estimate of drug-likeness (QED) is 0.534. The summed E-state index contributed by atoms with van der Waals surface area (Å²) in [5.41, 5.74) is 0. The number of halogens is 1. The summed E-state index contributed by atoms with van der Waals surface area (Å²) in [6.45, 7) is 1.93. The van der Waals surface area contributed by atoms with Crippen LogP contribution in [0.1, 0.15) is 32.6 Å². The molecule has 0 aliphatic carbocycles. The van der Waals surface area contributed by atoms with Gasteiger partial charge in [0.05, 0.1) is 0 Å². The Morgan fingerprint density at radius 1 is 1.25 bits per heavy atom. The number of carbonyl (C=O) groups is 1. The highest BCUT2D eigenvalue weighted by atomic mass is 35.5. The molecule has 0 aliphatic rings. The fraction of sp³-hybridized carbons (Fsp3) is 0.900. The van der Waals surface area contributed by atoms with Crippen LogP contribution in [-0.2, 0) is 14.6 Å². The lowest BCUT2D eigenvalue weighted by Gasteiger charge is -2.10. The van der Waals surface area contributed by atoms with Crippen LogP contribution in [0.15, 0.2) is 0 Å². The third-order valence-corrected chi connectivity index (χ3v) is 4.14. The number of carbonyl (C=O) groups excluding carboxylic acids is 1. The van der Waals surface area contributed by atoms with Crippen molar-refractivity contribution >= 4 is 27.3 Å². The summed E-state index contributed by atoms with van der Waals surface area (Å²) in [5.74, 6) is 0.247. The van der Waals surface area contributed by atoms with Crippen LogP contribution in [0.2, 0.25) is 0 Å². The Labute approximate surface area is 103 Å². The van der Waals surface area contributed by atoms with E-state index in [0.29, 0.717) is 12.4 Å². The van der Waals surface area contributed by atoms with Crippen LogP contribution in [0, 0.1) is 0 Å². The van der Waals surface area contributed by atoms with E-state index in [4.69, 9.17) is 11.6 Å². The lowest BCUT2D eigenvalue weighted by Crippen LogP contribution is -2.37. The molecule has 1 N–H and O–H groups in total. The molecule has 0 bridgehead atoms. The molecule has 0 aromatic rings. The second kappa shape index (κ2) is 7.90. The van der Waals surface area contributed by atoms with Crippen molar-refractivity contribution in [3.63, 3.8) is 0 Å². The standard InChI is InChI=1S/C10H20ClNO3S/c1-9(16(2,14)15)10(13)12-8-6-4-3-5-7-11/h9H,3-8H2,1-2H3,(H,12,13). The minimum Gasteiger partial charge on any atom is -0.355 e. The Kier molecular flexibility index (Phi) is 7.76. The van der Waals surface area contributed by atoms with E-state index in [1.165, 1.54) is 6.92 Å². The Balaban J connectivity index is 3.67. The average molecular weight is 270 g/mol. The van der Waals surface area contributed by atoms with Crippen molar-refractivity contribution < 1.29 is 13.2 Å². The molecule has 4 nitrogen and oxygen atoms in total. The van der Waals surface area contributed by atoms with E-state index < -0.39 is 21.0 Å². The number of nitrogens with one attached hydrogen (secondary N) is 1. The van der Waals surface area contributed by atoms with Gasteiger partial charge in [0.2, 0.25) is 5.91 Å². The Bertz CT molecular complexity index is 303. The minimum absolute atomic E-state index is 0.417. The molecule has 0 spiro atoms. The summed E-state index contributed by atoms with van der Waals surface area (Å²) >= 11 is 5.52. The molecule has 1 atom stereocenters. The third-order valence-electron chi connectivity index (χ3n) is 2.37. The van der Waals surface area contributed by atoms with Gasteiger partial charge in [-0.3, -0.25) is 4.79 Å². The van der Waals surface area contributed by atoms with Crippen LogP contribution in [-0.4, -0.2) is 38.3 Å². The van der Waals surface area contributed by atoms with E-state index in [1.807, 2.05) is 0 Å². The highest BCUT2D eigenvalue weighted by molar-refractivity contribution is 7.92. The summed E-state index contributed by atoms with van der Waals surface area (Å²) in [4.78, 5) is 11.4. The normalized spacial score (nSPS) is 13.4. The molecule has 6 heteroatoms. The number of rotatable bonds is 8. The van der Waals surface area contributed by atoms with Gasteiger partial charge in [-0.15, -0.1) is 11.6 Å². The zero-order chi connectivity index (χ0) is 12.6.